The molecule has 0 aliphatic heterocycles. The molecule has 110 valence electrons. The Balaban J connectivity index is 3.03. The van der Waals surface area contributed by atoms with E-state index in [9.17, 15) is 9.79 Å². The lowest BCUT2D eigenvalue weighted by molar-refractivity contribution is -0.300. The van der Waals surface area contributed by atoms with Gasteiger partial charge in [-0.15, -0.1) is 0 Å². The van der Waals surface area contributed by atoms with E-state index in [1.807, 2.05) is 0 Å². The Morgan fingerprint density at radius 1 is 0.778 bits per heavy atom. The number of aliphatic hydroxyl groups is 1. The molecule has 0 fully saturated rings. The second-order valence-electron chi connectivity index (χ2n) is 5.09. The largest absolute Gasteiger partial charge is 0.840 e. The van der Waals surface area contributed by atoms with Crippen molar-refractivity contribution in [3.05, 3.63) is 0 Å². The summed E-state index contributed by atoms with van der Waals surface area (Å²) in [6.45, 7) is 2.24. The summed E-state index contributed by atoms with van der Waals surface area (Å²) >= 11 is 0. The van der Waals surface area contributed by atoms with E-state index in [0.29, 0.717) is 6.42 Å². The zero-order valence-electron chi connectivity index (χ0n) is 11.8. The Labute approximate surface area is 114 Å². The maximum atomic E-state index is 10.4. The fourth-order valence-corrected chi connectivity index (χ4v) is 2.49. The van der Waals surface area contributed by atoms with Crippen LogP contribution in [0.4, 0.5) is 0 Å². The molecule has 0 bridgehead atoms. The van der Waals surface area contributed by atoms with Crippen LogP contribution in [0.1, 0.15) is 84.0 Å². The van der Waals surface area contributed by atoms with Gasteiger partial charge in [0.05, 0.1) is 0 Å². The van der Waals surface area contributed by atoms with Crippen LogP contribution in [0.3, 0.4) is 0 Å². The second-order valence-corrected chi connectivity index (χ2v) is 6.26. The average molecular weight is 276 g/mol. The van der Waals surface area contributed by atoms with Gasteiger partial charge in [-0.25, -0.2) is 0 Å². The SMILES string of the molecule is CCCCCCCCCCCCCC(O)P([O-])[O-]. The highest BCUT2D eigenvalue weighted by atomic mass is 31.2. The van der Waals surface area contributed by atoms with Crippen molar-refractivity contribution in [1.29, 1.82) is 0 Å². The van der Waals surface area contributed by atoms with Crippen LogP contribution in [0.5, 0.6) is 0 Å². The maximum absolute atomic E-state index is 10.4. The van der Waals surface area contributed by atoms with Crippen molar-refractivity contribution in [2.75, 3.05) is 0 Å². The van der Waals surface area contributed by atoms with Crippen LogP contribution < -0.4 is 9.79 Å². The summed E-state index contributed by atoms with van der Waals surface area (Å²) in [5.41, 5.74) is 0. The molecule has 0 saturated carbocycles. The topological polar surface area (TPSA) is 66.3 Å². The Hall–Kier alpha value is 0.310. The lowest BCUT2D eigenvalue weighted by Crippen LogP contribution is -2.20. The van der Waals surface area contributed by atoms with Crippen molar-refractivity contribution in [3.63, 3.8) is 0 Å². The van der Waals surface area contributed by atoms with Crippen LogP contribution in [0.25, 0.3) is 0 Å². The fraction of sp³-hybridized carbons (Fsp3) is 1.00. The van der Waals surface area contributed by atoms with Crippen LogP contribution in [-0.4, -0.2) is 11.0 Å². The van der Waals surface area contributed by atoms with E-state index >= 15 is 0 Å². The Morgan fingerprint density at radius 2 is 1.17 bits per heavy atom. The molecule has 0 heterocycles. The van der Waals surface area contributed by atoms with Gasteiger partial charge >= 0.3 is 0 Å². The first-order valence-corrected chi connectivity index (χ1v) is 8.74. The summed E-state index contributed by atoms with van der Waals surface area (Å²) in [5, 5.41) is 9.07. The molecular weight excluding hydrogens is 247 g/mol. The van der Waals surface area contributed by atoms with Gasteiger partial charge in [0.25, 0.3) is 0 Å². The van der Waals surface area contributed by atoms with Gasteiger partial charge < -0.3 is 14.9 Å². The highest BCUT2D eigenvalue weighted by molar-refractivity contribution is 7.42. The number of unbranched alkanes of at least 4 members (excludes halogenated alkanes) is 10. The predicted molar refractivity (Wildman–Crippen MR) is 74.0 cm³/mol. The maximum Gasteiger partial charge on any atom is 0.0434 e. The Bertz CT molecular complexity index is 165. The summed E-state index contributed by atoms with van der Waals surface area (Å²) in [7, 11) is -2.64. The third-order valence-electron chi connectivity index (χ3n) is 3.31. The van der Waals surface area contributed by atoms with Crippen molar-refractivity contribution >= 4 is 8.38 Å². The summed E-state index contributed by atoms with van der Waals surface area (Å²) < 4.78 is 0. The van der Waals surface area contributed by atoms with Gasteiger partial charge in [0.2, 0.25) is 0 Å². The average Bonchev–Trinajstić information content (AvgIpc) is 2.35. The first kappa shape index (κ1) is 18.3. The fourth-order valence-electron chi connectivity index (χ4n) is 2.10. The molecule has 4 heteroatoms. The molecule has 0 amide bonds. The first-order valence-electron chi connectivity index (χ1n) is 7.50. The van der Waals surface area contributed by atoms with E-state index in [0.717, 1.165) is 19.3 Å². The van der Waals surface area contributed by atoms with Gasteiger partial charge in [0.1, 0.15) is 0 Å². The Morgan fingerprint density at radius 3 is 1.56 bits per heavy atom. The number of aliphatic hydroxyl groups excluding tert-OH is 1. The molecule has 1 unspecified atom stereocenters. The van der Waals surface area contributed by atoms with E-state index in [4.69, 9.17) is 5.11 Å². The molecule has 0 aromatic heterocycles. The number of hydrogen-bond donors (Lipinski definition) is 1. The van der Waals surface area contributed by atoms with Gasteiger partial charge in [-0.1, -0.05) is 77.6 Å². The standard InChI is InChI=1S/C14H29O3P/c1-2-3-4-5-6-7-8-9-10-11-12-13-14(15)18(16)17/h14-15H,2-13H2,1H3/q-2. The number of hydrogen-bond acceptors (Lipinski definition) is 3. The molecule has 1 N–H and O–H groups in total. The minimum absolute atomic E-state index is 0.399. The second kappa shape index (κ2) is 13.7. The van der Waals surface area contributed by atoms with E-state index in [1.54, 1.807) is 0 Å². The minimum Gasteiger partial charge on any atom is -0.840 e. The highest BCUT2D eigenvalue weighted by Gasteiger charge is 1.98. The van der Waals surface area contributed by atoms with Crippen LogP contribution in [-0.2, 0) is 0 Å². The molecule has 0 aromatic carbocycles. The summed E-state index contributed by atoms with van der Waals surface area (Å²) in [6.07, 6.45) is 14.1. The van der Waals surface area contributed by atoms with Crippen LogP contribution >= 0.6 is 8.38 Å². The molecule has 0 aromatic rings. The molecule has 0 spiro atoms. The molecule has 18 heavy (non-hydrogen) atoms. The lowest BCUT2D eigenvalue weighted by atomic mass is 10.1. The highest BCUT2D eigenvalue weighted by Crippen LogP contribution is 2.23. The normalized spacial score (nSPS) is 13.2. The summed E-state index contributed by atoms with van der Waals surface area (Å²) in [4.78, 5) is 20.8. The van der Waals surface area contributed by atoms with Crippen molar-refractivity contribution in [3.8, 4) is 0 Å². The van der Waals surface area contributed by atoms with Gasteiger partial charge in [-0.2, -0.15) is 0 Å². The van der Waals surface area contributed by atoms with Crippen molar-refractivity contribution in [2.45, 2.75) is 89.8 Å². The van der Waals surface area contributed by atoms with E-state index in [2.05, 4.69) is 6.92 Å². The van der Waals surface area contributed by atoms with Gasteiger partial charge in [0, 0.05) is 5.85 Å². The third-order valence-corrected chi connectivity index (χ3v) is 4.05. The zero-order valence-corrected chi connectivity index (χ0v) is 12.7. The zero-order chi connectivity index (χ0) is 13.6. The molecule has 1 atom stereocenters. The lowest BCUT2D eigenvalue weighted by Gasteiger charge is -2.36. The monoisotopic (exact) mass is 276 g/mol. The molecule has 3 nitrogen and oxygen atoms in total. The van der Waals surface area contributed by atoms with E-state index in [-0.39, 0.29) is 0 Å². The third kappa shape index (κ3) is 12.8. The van der Waals surface area contributed by atoms with Crippen LogP contribution in [0, 0.1) is 0 Å². The quantitative estimate of drug-likeness (QED) is 0.415. The molecule has 0 aliphatic rings. The van der Waals surface area contributed by atoms with Gasteiger partial charge in [-0.05, 0) is 6.42 Å². The van der Waals surface area contributed by atoms with E-state index < -0.39 is 14.2 Å². The number of rotatable bonds is 13. The summed E-state index contributed by atoms with van der Waals surface area (Å²) in [5.74, 6) is -1.13. The van der Waals surface area contributed by atoms with Crippen LogP contribution in [0.15, 0.2) is 0 Å². The van der Waals surface area contributed by atoms with Gasteiger partial charge in [0.15, 0.2) is 0 Å². The van der Waals surface area contributed by atoms with Crippen molar-refractivity contribution < 1.29 is 14.9 Å². The predicted octanol–water partition coefficient (Wildman–Crippen LogP) is 3.04. The summed E-state index contributed by atoms with van der Waals surface area (Å²) in [6, 6.07) is 0. The molecule has 0 aliphatic carbocycles. The van der Waals surface area contributed by atoms with Crippen LogP contribution in [0.2, 0.25) is 0 Å². The van der Waals surface area contributed by atoms with Crippen molar-refractivity contribution in [1.82, 2.24) is 0 Å². The molecule has 0 saturated heterocycles. The Kier molecular flexibility index (Phi) is 14.0. The van der Waals surface area contributed by atoms with Crippen molar-refractivity contribution in [2.24, 2.45) is 0 Å². The first-order chi connectivity index (χ1) is 8.68. The van der Waals surface area contributed by atoms with E-state index in [1.165, 1.54) is 51.4 Å². The smallest absolute Gasteiger partial charge is 0.0434 e. The minimum atomic E-state index is -2.64. The molecular formula is C14H29O3P-2. The molecule has 0 radical (unpaired) electrons. The molecule has 0 rings (SSSR count). The van der Waals surface area contributed by atoms with Gasteiger partial charge in [-0.3, -0.25) is 8.38 Å².